The number of benzene rings is 1. The van der Waals surface area contributed by atoms with E-state index in [1.807, 2.05) is 0 Å². The van der Waals surface area contributed by atoms with Crippen LogP contribution in [-0.2, 0) is 16.6 Å². The van der Waals surface area contributed by atoms with Gasteiger partial charge in [0.2, 0.25) is 10.0 Å². The van der Waals surface area contributed by atoms with Gasteiger partial charge in [0.05, 0.1) is 5.02 Å². The minimum absolute atomic E-state index is 0.104. The molecular formula is C12H18Cl2N2O2S. The highest BCUT2D eigenvalue weighted by Gasteiger charge is 2.25. The molecule has 4 nitrogen and oxygen atoms in total. The molecule has 1 aromatic rings. The summed E-state index contributed by atoms with van der Waals surface area (Å²) in [6.07, 6.45) is 0. The van der Waals surface area contributed by atoms with Gasteiger partial charge in [-0.3, -0.25) is 0 Å². The number of nitrogens with zero attached hydrogens (tertiary/aromatic N) is 1. The Hall–Kier alpha value is -0.330. The van der Waals surface area contributed by atoms with Crippen molar-refractivity contribution < 1.29 is 8.42 Å². The second kappa shape index (κ2) is 6.90. The molecule has 0 fully saturated rings. The van der Waals surface area contributed by atoms with Crippen molar-refractivity contribution in [2.45, 2.75) is 25.3 Å². The largest absolute Gasteiger partial charge is 0.316 e. The van der Waals surface area contributed by atoms with Gasteiger partial charge in [0.25, 0.3) is 0 Å². The van der Waals surface area contributed by atoms with E-state index >= 15 is 0 Å². The third-order valence-corrected chi connectivity index (χ3v) is 5.66. The van der Waals surface area contributed by atoms with E-state index in [-0.39, 0.29) is 9.92 Å². The first-order valence-corrected chi connectivity index (χ1v) is 8.20. The third kappa shape index (κ3) is 3.61. The molecule has 0 aliphatic rings. The molecule has 0 amide bonds. The normalized spacial score (nSPS) is 12.1. The van der Waals surface area contributed by atoms with Crippen molar-refractivity contribution in [3.8, 4) is 0 Å². The maximum atomic E-state index is 12.5. The molecule has 0 bridgehead atoms. The van der Waals surface area contributed by atoms with Gasteiger partial charge in [0, 0.05) is 24.7 Å². The highest BCUT2D eigenvalue weighted by atomic mass is 35.5. The van der Waals surface area contributed by atoms with E-state index in [9.17, 15) is 8.42 Å². The van der Waals surface area contributed by atoms with Crippen LogP contribution in [0.5, 0.6) is 0 Å². The van der Waals surface area contributed by atoms with Crippen LogP contribution in [0.15, 0.2) is 17.0 Å². The Bertz CT molecular complexity index is 543. The van der Waals surface area contributed by atoms with Gasteiger partial charge >= 0.3 is 0 Å². The summed E-state index contributed by atoms with van der Waals surface area (Å²) in [5, 5.41) is 3.55. The minimum Gasteiger partial charge on any atom is -0.316 e. The van der Waals surface area contributed by atoms with Crippen LogP contribution in [0, 0.1) is 0 Å². The van der Waals surface area contributed by atoms with Crippen molar-refractivity contribution in [3.63, 3.8) is 0 Å². The van der Waals surface area contributed by atoms with Gasteiger partial charge in [-0.15, -0.1) is 0 Å². The van der Waals surface area contributed by atoms with Crippen LogP contribution in [0.4, 0.5) is 0 Å². The van der Waals surface area contributed by atoms with Crippen LogP contribution in [0.1, 0.15) is 19.4 Å². The Balaban J connectivity index is 3.37. The van der Waals surface area contributed by atoms with Crippen LogP contribution in [-0.4, -0.2) is 32.9 Å². The summed E-state index contributed by atoms with van der Waals surface area (Å²) in [6, 6.07) is 3.01. The molecule has 1 N–H and O–H groups in total. The quantitative estimate of drug-likeness (QED) is 0.875. The molecule has 0 heterocycles. The second-order valence-electron chi connectivity index (χ2n) is 3.99. The summed E-state index contributed by atoms with van der Waals surface area (Å²) in [4.78, 5) is 0.104. The Labute approximate surface area is 124 Å². The maximum absolute atomic E-state index is 12.5. The number of sulfonamides is 1. The fourth-order valence-electron chi connectivity index (χ4n) is 1.80. The molecule has 0 aliphatic heterocycles. The SMILES string of the molecule is CCN(CC)S(=O)(=O)c1cc(CNC)c(Cl)cc1Cl. The molecule has 7 heteroatoms. The second-order valence-corrected chi connectivity index (χ2v) is 6.71. The maximum Gasteiger partial charge on any atom is 0.244 e. The highest BCUT2D eigenvalue weighted by Crippen LogP contribution is 2.30. The van der Waals surface area contributed by atoms with E-state index < -0.39 is 10.0 Å². The Morgan fingerprint density at radius 2 is 1.74 bits per heavy atom. The van der Waals surface area contributed by atoms with E-state index in [1.54, 1.807) is 20.9 Å². The third-order valence-electron chi connectivity index (χ3n) is 2.79. The van der Waals surface area contributed by atoms with Crippen molar-refractivity contribution in [1.82, 2.24) is 9.62 Å². The average Bonchev–Trinajstić information content (AvgIpc) is 2.33. The van der Waals surface area contributed by atoms with E-state index in [2.05, 4.69) is 5.32 Å². The zero-order chi connectivity index (χ0) is 14.6. The first-order chi connectivity index (χ1) is 8.88. The molecule has 0 saturated heterocycles. The smallest absolute Gasteiger partial charge is 0.244 e. The van der Waals surface area contributed by atoms with Crippen molar-refractivity contribution in [2.24, 2.45) is 0 Å². The minimum atomic E-state index is -3.57. The van der Waals surface area contributed by atoms with E-state index in [4.69, 9.17) is 23.2 Å². The summed E-state index contributed by atoms with van der Waals surface area (Å²) in [5.74, 6) is 0. The van der Waals surface area contributed by atoms with Gasteiger partial charge in [0.1, 0.15) is 4.90 Å². The van der Waals surface area contributed by atoms with Crippen LogP contribution >= 0.6 is 23.2 Å². The summed E-state index contributed by atoms with van der Waals surface area (Å²) in [6.45, 7) is 4.87. The molecule has 0 unspecified atom stereocenters. The average molecular weight is 325 g/mol. The lowest BCUT2D eigenvalue weighted by atomic mass is 10.2. The summed E-state index contributed by atoms with van der Waals surface area (Å²) in [7, 11) is -1.81. The topological polar surface area (TPSA) is 49.4 Å². The molecule has 0 radical (unpaired) electrons. The first-order valence-electron chi connectivity index (χ1n) is 6.01. The lowest BCUT2D eigenvalue weighted by Crippen LogP contribution is -2.31. The summed E-state index contributed by atoms with van der Waals surface area (Å²) in [5.41, 5.74) is 0.708. The standard InChI is InChI=1S/C12H18Cl2N2O2S/c1-4-16(5-2)19(17,18)12-6-9(8-15-3)10(13)7-11(12)14/h6-7,15H,4-5,8H2,1-3H3. The van der Waals surface area contributed by atoms with Gasteiger partial charge in [-0.25, -0.2) is 8.42 Å². The molecule has 0 spiro atoms. The van der Waals surface area contributed by atoms with Gasteiger partial charge in [0.15, 0.2) is 0 Å². The van der Waals surface area contributed by atoms with Crippen LogP contribution in [0.2, 0.25) is 10.0 Å². The van der Waals surface area contributed by atoms with Gasteiger partial charge in [-0.05, 0) is 24.7 Å². The van der Waals surface area contributed by atoms with E-state index in [0.29, 0.717) is 30.2 Å². The van der Waals surface area contributed by atoms with Gasteiger partial charge < -0.3 is 5.32 Å². The van der Waals surface area contributed by atoms with Crippen molar-refractivity contribution in [2.75, 3.05) is 20.1 Å². The number of hydrogen-bond donors (Lipinski definition) is 1. The van der Waals surface area contributed by atoms with Gasteiger partial charge in [-0.2, -0.15) is 4.31 Å². The summed E-state index contributed by atoms with van der Waals surface area (Å²) >= 11 is 12.1. The molecule has 19 heavy (non-hydrogen) atoms. The molecule has 108 valence electrons. The fourth-order valence-corrected chi connectivity index (χ4v) is 4.09. The molecule has 0 saturated carbocycles. The number of hydrogen-bond acceptors (Lipinski definition) is 3. The van der Waals surface area contributed by atoms with Crippen molar-refractivity contribution in [3.05, 3.63) is 27.7 Å². The Morgan fingerprint density at radius 3 is 2.21 bits per heavy atom. The molecule has 0 aliphatic carbocycles. The number of rotatable bonds is 6. The molecule has 0 atom stereocenters. The molecule has 0 aromatic heterocycles. The Kier molecular flexibility index (Phi) is 6.08. The zero-order valence-electron chi connectivity index (χ0n) is 11.2. The Morgan fingerprint density at radius 1 is 1.16 bits per heavy atom. The zero-order valence-corrected chi connectivity index (χ0v) is 13.5. The highest BCUT2D eigenvalue weighted by molar-refractivity contribution is 7.89. The first kappa shape index (κ1) is 16.7. The monoisotopic (exact) mass is 324 g/mol. The lowest BCUT2D eigenvalue weighted by Gasteiger charge is -2.20. The van der Waals surface area contributed by atoms with E-state index in [0.717, 1.165) is 0 Å². The van der Waals surface area contributed by atoms with Crippen LogP contribution in [0.3, 0.4) is 0 Å². The predicted octanol–water partition coefficient (Wildman–Crippen LogP) is 2.74. The number of halogens is 2. The van der Waals surface area contributed by atoms with Crippen LogP contribution in [0.25, 0.3) is 0 Å². The molecular weight excluding hydrogens is 307 g/mol. The fraction of sp³-hybridized carbons (Fsp3) is 0.500. The summed E-state index contributed by atoms with van der Waals surface area (Å²) < 4.78 is 26.3. The lowest BCUT2D eigenvalue weighted by molar-refractivity contribution is 0.445. The van der Waals surface area contributed by atoms with Gasteiger partial charge in [-0.1, -0.05) is 37.0 Å². The number of nitrogens with one attached hydrogen (secondary N) is 1. The van der Waals surface area contributed by atoms with Crippen molar-refractivity contribution >= 4 is 33.2 Å². The van der Waals surface area contributed by atoms with Crippen molar-refractivity contribution in [1.29, 1.82) is 0 Å². The van der Waals surface area contributed by atoms with E-state index in [1.165, 1.54) is 16.4 Å². The van der Waals surface area contributed by atoms with Crippen LogP contribution < -0.4 is 5.32 Å². The molecule has 1 aromatic carbocycles. The molecule has 1 rings (SSSR count). The predicted molar refractivity (Wildman–Crippen MR) is 79.3 cm³/mol.